The zero-order chi connectivity index (χ0) is 18.8. The largest absolute Gasteiger partial charge is 0.493 e. The molecule has 142 valence electrons. The highest BCUT2D eigenvalue weighted by Crippen LogP contribution is 2.34. The molecule has 26 heavy (non-hydrogen) atoms. The van der Waals surface area contributed by atoms with Gasteiger partial charge in [0, 0.05) is 36.2 Å². The van der Waals surface area contributed by atoms with Crippen LogP contribution in [0.1, 0.15) is 11.1 Å². The summed E-state index contributed by atoms with van der Waals surface area (Å²) >= 11 is 3.55. The van der Waals surface area contributed by atoms with Crippen molar-refractivity contribution in [3.8, 4) is 11.5 Å². The Morgan fingerprint density at radius 3 is 2.54 bits per heavy atom. The second kappa shape index (κ2) is 11.1. The van der Waals surface area contributed by atoms with Crippen LogP contribution in [0.4, 0.5) is 4.39 Å². The number of benzene rings is 2. The maximum Gasteiger partial charge on any atom is 0.162 e. The number of hydrogen-bond donors (Lipinski definition) is 3. The fraction of sp³-hybridized carbons (Fsp3) is 0.368. The van der Waals surface area contributed by atoms with Crippen LogP contribution in [0.15, 0.2) is 40.9 Å². The lowest BCUT2D eigenvalue weighted by Gasteiger charge is -2.15. The second-order valence-corrected chi connectivity index (χ2v) is 6.48. The summed E-state index contributed by atoms with van der Waals surface area (Å²) in [6.07, 6.45) is 0. The van der Waals surface area contributed by atoms with E-state index >= 15 is 0 Å². The number of nitrogens with one attached hydrogen (secondary N) is 2. The first-order valence-electron chi connectivity index (χ1n) is 8.40. The molecule has 0 radical (unpaired) electrons. The van der Waals surface area contributed by atoms with Gasteiger partial charge in [0.15, 0.2) is 11.5 Å². The molecular formula is C19H24BrFN2O3. The molecule has 0 aliphatic carbocycles. The van der Waals surface area contributed by atoms with Gasteiger partial charge in [0.05, 0.1) is 13.7 Å². The van der Waals surface area contributed by atoms with Gasteiger partial charge >= 0.3 is 0 Å². The van der Waals surface area contributed by atoms with Gasteiger partial charge in [0.25, 0.3) is 0 Å². The van der Waals surface area contributed by atoms with E-state index in [4.69, 9.17) is 14.6 Å². The smallest absolute Gasteiger partial charge is 0.162 e. The maximum atomic E-state index is 13.7. The standard InChI is InChI=1S/C19H24BrFN2O3/c1-25-18-10-15(12-23-7-6-22-8-9-24)16(20)11-19(18)26-13-14-4-2-3-5-17(14)21/h2-5,10-11,22-24H,6-9,12-13H2,1H3. The summed E-state index contributed by atoms with van der Waals surface area (Å²) < 4.78 is 25.8. The van der Waals surface area contributed by atoms with Crippen LogP contribution in [-0.2, 0) is 13.2 Å². The molecule has 5 nitrogen and oxygen atoms in total. The Labute approximate surface area is 161 Å². The minimum Gasteiger partial charge on any atom is -0.493 e. The summed E-state index contributed by atoms with van der Waals surface area (Å²) in [5.74, 6) is 0.858. The van der Waals surface area contributed by atoms with E-state index in [1.807, 2.05) is 12.1 Å². The highest BCUT2D eigenvalue weighted by atomic mass is 79.9. The van der Waals surface area contributed by atoms with Gasteiger partial charge in [-0.05, 0) is 23.8 Å². The predicted molar refractivity (Wildman–Crippen MR) is 103 cm³/mol. The molecule has 7 heteroatoms. The van der Waals surface area contributed by atoms with Crippen molar-refractivity contribution in [2.24, 2.45) is 0 Å². The Balaban J connectivity index is 1.96. The molecule has 0 saturated carbocycles. The summed E-state index contributed by atoms with van der Waals surface area (Å²) in [6, 6.07) is 10.3. The third kappa shape index (κ3) is 6.25. The zero-order valence-corrected chi connectivity index (χ0v) is 16.3. The van der Waals surface area contributed by atoms with E-state index in [2.05, 4.69) is 26.6 Å². The molecule has 0 saturated heterocycles. The molecule has 2 rings (SSSR count). The molecule has 0 heterocycles. The monoisotopic (exact) mass is 426 g/mol. The SMILES string of the molecule is COc1cc(CNCCNCCO)c(Br)cc1OCc1ccccc1F. The molecule has 3 N–H and O–H groups in total. The number of methoxy groups -OCH3 is 1. The highest BCUT2D eigenvalue weighted by molar-refractivity contribution is 9.10. The Morgan fingerprint density at radius 2 is 1.81 bits per heavy atom. The van der Waals surface area contributed by atoms with Crippen molar-refractivity contribution >= 4 is 15.9 Å². The van der Waals surface area contributed by atoms with Crippen molar-refractivity contribution in [3.63, 3.8) is 0 Å². The van der Waals surface area contributed by atoms with E-state index in [1.165, 1.54) is 6.07 Å². The summed E-state index contributed by atoms with van der Waals surface area (Å²) in [5.41, 5.74) is 1.52. The summed E-state index contributed by atoms with van der Waals surface area (Å²) in [6.45, 7) is 3.07. The van der Waals surface area contributed by atoms with E-state index in [9.17, 15) is 4.39 Å². The van der Waals surface area contributed by atoms with Crippen LogP contribution >= 0.6 is 15.9 Å². The van der Waals surface area contributed by atoms with Crippen LogP contribution in [0, 0.1) is 5.82 Å². The Hall–Kier alpha value is -1.67. The van der Waals surface area contributed by atoms with Gasteiger partial charge in [0.1, 0.15) is 12.4 Å². The fourth-order valence-electron chi connectivity index (χ4n) is 2.36. The van der Waals surface area contributed by atoms with Crippen LogP contribution in [0.25, 0.3) is 0 Å². The average molecular weight is 427 g/mol. The van der Waals surface area contributed by atoms with Crippen LogP contribution in [-0.4, -0.2) is 38.5 Å². The Kier molecular flexibility index (Phi) is 8.84. The summed E-state index contributed by atoms with van der Waals surface area (Å²) in [4.78, 5) is 0. The number of halogens is 2. The molecule has 0 aliphatic heterocycles. The minimum atomic E-state index is -0.291. The number of hydrogen-bond acceptors (Lipinski definition) is 5. The van der Waals surface area contributed by atoms with Crippen LogP contribution in [0.2, 0.25) is 0 Å². The van der Waals surface area contributed by atoms with E-state index in [0.29, 0.717) is 30.2 Å². The van der Waals surface area contributed by atoms with Crippen LogP contribution < -0.4 is 20.1 Å². The van der Waals surface area contributed by atoms with Gasteiger partial charge in [-0.2, -0.15) is 0 Å². The molecule has 0 atom stereocenters. The fourth-order valence-corrected chi connectivity index (χ4v) is 2.82. The lowest BCUT2D eigenvalue weighted by atomic mass is 10.2. The van der Waals surface area contributed by atoms with Crippen LogP contribution in [0.3, 0.4) is 0 Å². The normalized spacial score (nSPS) is 10.8. The van der Waals surface area contributed by atoms with E-state index in [1.54, 1.807) is 25.3 Å². The van der Waals surface area contributed by atoms with E-state index in [-0.39, 0.29) is 19.0 Å². The maximum absolute atomic E-state index is 13.7. The molecule has 2 aromatic carbocycles. The number of ether oxygens (including phenoxy) is 2. The second-order valence-electron chi connectivity index (χ2n) is 5.62. The lowest BCUT2D eigenvalue weighted by Crippen LogP contribution is -2.28. The van der Waals surface area contributed by atoms with Gasteiger partial charge in [0.2, 0.25) is 0 Å². The first kappa shape index (κ1) is 20.6. The third-order valence-corrected chi connectivity index (χ3v) is 4.49. The van der Waals surface area contributed by atoms with E-state index in [0.717, 1.165) is 23.1 Å². The predicted octanol–water partition coefficient (Wildman–Crippen LogP) is 2.85. The van der Waals surface area contributed by atoms with Crippen molar-refractivity contribution in [3.05, 3.63) is 57.8 Å². The molecule has 0 unspecified atom stereocenters. The summed E-state index contributed by atoms with van der Waals surface area (Å²) in [7, 11) is 1.58. The Bertz CT molecular complexity index is 700. The van der Waals surface area contributed by atoms with Gasteiger partial charge in [-0.1, -0.05) is 34.1 Å². The molecule has 0 bridgehead atoms. The molecule has 2 aromatic rings. The lowest BCUT2D eigenvalue weighted by molar-refractivity contribution is 0.279. The van der Waals surface area contributed by atoms with Gasteiger partial charge in [-0.25, -0.2) is 4.39 Å². The van der Waals surface area contributed by atoms with Gasteiger partial charge in [-0.3, -0.25) is 0 Å². The average Bonchev–Trinajstić information content (AvgIpc) is 2.65. The molecule has 0 aromatic heterocycles. The first-order chi connectivity index (χ1) is 12.7. The van der Waals surface area contributed by atoms with Crippen LogP contribution in [0.5, 0.6) is 11.5 Å². The molecule has 0 amide bonds. The van der Waals surface area contributed by atoms with Gasteiger partial charge in [-0.15, -0.1) is 0 Å². The first-order valence-corrected chi connectivity index (χ1v) is 9.20. The zero-order valence-electron chi connectivity index (χ0n) is 14.7. The summed E-state index contributed by atoms with van der Waals surface area (Å²) in [5, 5.41) is 15.1. The van der Waals surface area contributed by atoms with Crippen molar-refractivity contribution in [2.75, 3.05) is 33.4 Å². The van der Waals surface area contributed by atoms with Crippen molar-refractivity contribution in [2.45, 2.75) is 13.2 Å². The van der Waals surface area contributed by atoms with E-state index < -0.39 is 0 Å². The number of aliphatic hydroxyl groups excluding tert-OH is 1. The molecule has 0 fully saturated rings. The quantitative estimate of drug-likeness (QED) is 0.482. The molecule has 0 spiro atoms. The minimum absolute atomic E-state index is 0.129. The molecular weight excluding hydrogens is 403 g/mol. The van der Waals surface area contributed by atoms with Crippen molar-refractivity contribution < 1.29 is 19.0 Å². The third-order valence-electron chi connectivity index (χ3n) is 3.76. The number of rotatable bonds is 11. The Morgan fingerprint density at radius 1 is 1.04 bits per heavy atom. The van der Waals surface area contributed by atoms with Crippen molar-refractivity contribution in [1.29, 1.82) is 0 Å². The topological polar surface area (TPSA) is 62.8 Å². The highest BCUT2D eigenvalue weighted by Gasteiger charge is 2.11. The van der Waals surface area contributed by atoms with Gasteiger partial charge < -0.3 is 25.2 Å². The van der Waals surface area contributed by atoms with Crippen molar-refractivity contribution in [1.82, 2.24) is 10.6 Å². The molecule has 0 aliphatic rings. The number of aliphatic hydroxyl groups is 1.